The highest BCUT2D eigenvalue weighted by Crippen LogP contribution is 2.46. The van der Waals surface area contributed by atoms with Crippen LogP contribution in [-0.2, 0) is 25.3 Å². The number of anilines is 1. The molecule has 0 spiro atoms. The molecule has 4 heterocycles. The zero-order valence-electron chi connectivity index (χ0n) is 31.1. The largest absolute Gasteiger partial charge is 0.494 e. The second-order valence-corrected chi connectivity index (χ2v) is 14.7. The van der Waals surface area contributed by atoms with Gasteiger partial charge in [-0.1, -0.05) is 29.3 Å². The van der Waals surface area contributed by atoms with Crippen molar-refractivity contribution >= 4 is 68.9 Å². The third-order valence-electron chi connectivity index (χ3n) is 10.5. The van der Waals surface area contributed by atoms with E-state index in [2.05, 4.69) is 11.5 Å². The Balaban J connectivity index is 1.40. The van der Waals surface area contributed by atoms with E-state index in [0.29, 0.717) is 64.6 Å². The van der Waals surface area contributed by atoms with E-state index < -0.39 is 5.97 Å². The Morgan fingerprint density at radius 2 is 1.72 bits per heavy atom. The van der Waals surface area contributed by atoms with Gasteiger partial charge in [0.05, 0.1) is 41.2 Å². The SMILES string of the molecule is COC(=O)c1cc2cc(C=O)cc(N3C[C@@H](C)n4c(c(CCCOc5cc(C)c(Cl)c(C)c5)c5ccc(Cl)c(-c6c(C)nn(C)c6C)c54)C3=O)c2n1C. The first kappa shape index (κ1) is 36.3. The van der Waals surface area contributed by atoms with Gasteiger partial charge < -0.3 is 23.5 Å². The molecule has 1 amide bonds. The molecule has 0 fully saturated rings. The number of aryl methyl sites for hydroxylation is 6. The van der Waals surface area contributed by atoms with Gasteiger partial charge in [-0.25, -0.2) is 4.79 Å². The Kier molecular flexibility index (Phi) is 9.41. The molecule has 0 saturated carbocycles. The molecule has 0 bridgehead atoms. The van der Waals surface area contributed by atoms with Gasteiger partial charge in [0.15, 0.2) is 0 Å². The summed E-state index contributed by atoms with van der Waals surface area (Å²) in [6.45, 7) is 10.7. The van der Waals surface area contributed by atoms with Crippen molar-refractivity contribution in [3.05, 3.63) is 97.5 Å². The second kappa shape index (κ2) is 13.7. The van der Waals surface area contributed by atoms with Crippen LogP contribution in [-0.4, -0.2) is 57.3 Å². The molecule has 53 heavy (non-hydrogen) atoms. The van der Waals surface area contributed by atoms with Gasteiger partial charge in [-0.3, -0.25) is 14.3 Å². The molecule has 0 aliphatic carbocycles. The van der Waals surface area contributed by atoms with E-state index in [1.165, 1.54) is 7.11 Å². The molecule has 0 unspecified atom stereocenters. The van der Waals surface area contributed by atoms with Crippen molar-refractivity contribution in [2.24, 2.45) is 14.1 Å². The van der Waals surface area contributed by atoms with Crippen LogP contribution in [0.3, 0.4) is 0 Å². The highest BCUT2D eigenvalue weighted by molar-refractivity contribution is 6.35. The van der Waals surface area contributed by atoms with Crippen LogP contribution in [0.5, 0.6) is 5.75 Å². The maximum absolute atomic E-state index is 15.2. The summed E-state index contributed by atoms with van der Waals surface area (Å²) in [4.78, 5) is 41.8. The maximum atomic E-state index is 15.2. The number of aldehydes is 1. The number of aromatic nitrogens is 4. The fourth-order valence-corrected chi connectivity index (χ4v) is 8.37. The average molecular weight is 755 g/mol. The number of fused-ring (bicyclic) bond motifs is 4. The first-order valence-corrected chi connectivity index (χ1v) is 18.3. The van der Waals surface area contributed by atoms with Crippen molar-refractivity contribution in [3.63, 3.8) is 0 Å². The van der Waals surface area contributed by atoms with E-state index in [9.17, 15) is 9.59 Å². The number of carbonyl (C=O) groups excluding carboxylic acids is 3. The van der Waals surface area contributed by atoms with E-state index in [1.54, 1.807) is 34.7 Å². The molecule has 6 aromatic rings. The zero-order valence-corrected chi connectivity index (χ0v) is 32.6. The van der Waals surface area contributed by atoms with Crippen molar-refractivity contribution in [3.8, 4) is 16.9 Å². The Hall–Kier alpha value is -5.06. The number of amides is 1. The molecule has 0 saturated heterocycles. The maximum Gasteiger partial charge on any atom is 0.354 e. The summed E-state index contributed by atoms with van der Waals surface area (Å²) in [6.07, 6.45) is 1.93. The number of carbonyl (C=O) groups is 3. The zero-order chi connectivity index (χ0) is 38.0. The molecule has 274 valence electrons. The minimum absolute atomic E-state index is 0.208. The molecule has 7 rings (SSSR count). The van der Waals surface area contributed by atoms with E-state index in [4.69, 9.17) is 37.8 Å². The van der Waals surface area contributed by atoms with Gasteiger partial charge in [-0.15, -0.1) is 0 Å². The molecule has 3 aromatic heterocycles. The lowest BCUT2D eigenvalue weighted by Gasteiger charge is -2.35. The number of hydrogen-bond donors (Lipinski definition) is 0. The Bertz CT molecular complexity index is 2480. The van der Waals surface area contributed by atoms with Crippen molar-refractivity contribution < 1.29 is 23.9 Å². The van der Waals surface area contributed by atoms with Gasteiger partial charge in [-0.05, 0) is 101 Å². The topological polar surface area (TPSA) is 101 Å². The van der Waals surface area contributed by atoms with Crippen LogP contribution < -0.4 is 9.64 Å². The highest BCUT2D eigenvalue weighted by Gasteiger charge is 2.38. The summed E-state index contributed by atoms with van der Waals surface area (Å²) in [5.74, 6) is 0.0132. The third kappa shape index (κ3) is 5.88. The van der Waals surface area contributed by atoms with Crippen LogP contribution in [0, 0.1) is 27.7 Å². The van der Waals surface area contributed by atoms with Crippen molar-refractivity contribution in [1.82, 2.24) is 18.9 Å². The van der Waals surface area contributed by atoms with Gasteiger partial charge in [0.2, 0.25) is 0 Å². The van der Waals surface area contributed by atoms with Crippen LogP contribution in [0.1, 0.15) is 78.8 Å². The lowest BCUT2D eigenvalue weighted by atomic mass is 9.98. The van der Waals surface area contributed by atoms with E-state index in [0.717, 1.165) is 67.2 Å². The first-order valence-electron chi connectivity index (χ1n) is 17.5. The molecule has 1 aliphatic heterocycles. The number of nitrogens with zero attached hydrogens (tertiary/aromatic N) is 5. The van der Waals surface area contributed by atoms with Gasteiger partial charge in [0, 0.05) is 64.9 Å². The summed E-state index contributed by atoms with van der Waals surface area (Å²) < 4.78 is 17.0. The number of esters is 1. The summed E-state index contributed by atoms with van der Waals surface area (Å²) in [6, 6.07) is 12.7. The minimum atomic E-state index is -0.514. The number of methoxy groups -OCH3 is 1. The molecule has 10 nitrogen and oxygen atoms in total. The Labute approximate surface area is 317 Å². The molecular weight excluding hydrogens is 713 g/mol. The van der Waals surface area contributed by atoms with Gasteiger partial charge >= 0.3 is 5.97 Å². The van der Waals surface area contributed by atoms with Gasteiger partial charge in [0.25, 0.3) is 5.91 Å². The number of ether oxygens (including phenoxy) is 2. The number of hydrogen-bond acceptors (Lipinski definition) is 6. The third-order valence-corrected chi connectivity index (χ3v) is 11.4. The summed E-state index contributed by atoms with van der Waals surface area (Å²) in [7, 11) is 5.00. The summed E-state index contributed by atoms with van der Waals surface area (Å²) >= 11 is 13.5. The lowest BCUT2D eigenvalue weighted by molar-refractivity contribution is 0.0590. The molecule has 3 aromatic carbocycles. The predicted octanol–water partition coefficient (Wildman–Crippen LogP) is 8.91. The van der Waals surface area contributed by atoms with E-state index >= 15 is 4.79 Å². The fourth-order valence-electron chi connectivity index (χ4n) is 8.02. The Morgan fingerprint density at radius 3 is 2.36 bits per heavy atom. The highest BCUT2D eigenvalue weighted by atomic mass is 35.5. The molecular formula is C41H41Cl2N5O5. The number of rotatable bonds is 9. The Morgan fingerprint density at radius 1 is 1.00 bits per heavy atom. The second-order valence-electron chi connectivity index (χ2n) is 13.9. The number of benzene rings is 3. The molecule has 0 N–H and O–H groups in total. The van der Waals surface area contributed by atoms with Crippen LogP contribution in [0.15, 0.2) is 42.5 Å². The molecule has 1 atom stereocenters. The van der Waals surface area contributed by atoms with Crippen molar-refractivity contribution in [2.45, 2.75) is 53.5 Å². The lowest BCUT2D eigenvalue weighted by Crippen LogP contribution is -2.43. The van der Waals surface area contributed by atoms with Crippen LogP contribution in [0.25, 0.3) is 32.9 Å². The molecule has 12 heteroatoms. The minimum Gasteiger partial charge on any atom is -0.494 e. The van der Waals surface area contributed by atoms with Crippen LogP contribution in [0.2, 0.25) is 10.0 Å². The number of halogens is 2. The van der Waals surface area contributed by atoms with Crippen molar-refractivity contribution in [2.75, 3.05) is 25.2 Å². The van der Waals surface area contributed by atoms with Crippen molar-refractivity contribution in [1.29, 1.82) is 0 Å². The quantitative estimate of drug-likeness (QED) is 0.0831. The molecule has 1 aliphatic rings. The van der Waals surface area contributed by atoms with E-state index in [-0.39, 0.29) is 11.9 Å². The van der Waals surface area contributed by atoms with Gasteiger partial charge in [0.1, 0.15) is 23.4 Å². The summed E-state index contributed by atoms with van der Waals surface area (Å²) in [5, 5.41) is 7.59. The van der Waals surface area contributed by atoms with Crippen LogP contribution >= 0.6 is 23.2 Å². The standard InChI is InChI=1S/C41H41Cl2N5O5/c1-21-14-28(15-22(2)36(21)43)53-13-9-10-29-30-11-12-31(42)35(34-24(4)44-46(7)25(34)5)38(30)48-23(3)19-47(40(50)39(29)48)32-17-26(20-49)16-27-18-33(41(51)52-8)45(6)37(27)32/h11-12,14-18,20,23H,9-10,13,19H2,1-8H3/t23-/m1/s1. The predicted molar refractivity (Wildman–Crippen MR) is 209 cm³/mol. The van der Waals surface area contributed by atoms with Crippen LogP contribution in [0.4, 0.5) is 5.69 Å². The molecule has 0 radical (unpaired) electrons. The monoisotopic (exact) mass is 753 g/mol. The van der Waals surface area contributed by atoms with E-state index in [1.807, 2.05) is 63.7 Å². The average Bonchev–Trinajstić information content (AvgIpc) is 3.74. The fraction of sp³-hybridized carbons (Fsp3) is 0.317. The van der Waals surface area contributed by atoms with Gasteiger partial charge in [-0.2, -0.15) is 5.10 Å². The summed E-state index contributed by atoms with van der Waals surface area (Å²) in [5.41, 5.74) is 9.68. The smallest absolute Gasteiger partial charge is 0.354 e. The first-order chi connectivity index (χ1) is 25.3. The normalized spacial score (nSPS) is 14.3.